The third kappa shape index (κ3) is 4.73. The quantitative estimate of drug-likeness (QED) is 0.342. The molecule has 6 rings (SSSR count). The number of rotatable bonds is 4. The monoisotopic (exact) mass is 597 g/mol. The summed E-state index contributed by atoms with van der Waals surface area (Å²) in [7, 11) is 1.87. The molecule has 0 N–H and O–H groups in total. The number of likely N-dealkylation sites (tertiary alicyclic amines) is 1. The number of benzene rings is 1. The predicted molar refractivity (Wildman–Crippen MR) is 155 cm³/mol. The van der Waals surface area contributed by atoms with E-state index in [1.807, 2.05) is 24.9 Å². The Morgan fingerprint density at radius 3 is 2.48 bits per heavy atom. The lowest BCUT2D eigenvalue weighted by Gasteiger charge is -2.41. The zero-order valence-corrected chi connectivity index (χ0v) is 25.8. The van der Waals surface area contributed by atoms with Gasteiger partial charge in [0, 0.05) is 37.7 Å². The van der Waals surface area contributed by atoms with Crippen LogP contribution < -0.4 is 0 Å². The van der Waals surface area contributed by atoms with Crippen molar-refractivity contribution in [1.29, 1.82) is 0 Å². The Hall–Kier alpha value is -2.91. The molecule has 2 aromatic heterocycles. The lowest BCUT2D eigenvalue weighted by molar-refractivity contribution is -0.152. The van der Waals surface area contributed by atoms with Gasteiger partial charge in [0.2, 0.25) is 5.91 Å². The van der Waals surface area contributed by atoms with Gasteiger partial charge in [0.15, 0.2) is 0 Å². The molecule has 1 aromatic carbocycles. The van der Waals surface area contributed by atoms with E-state index >= 15 is 0 Å². The predicted octanol–water partition coefficient (Wildman–Crippen LogP) is 6.54. The van der Waals surface area contributed by atoms with Gasteiger partial charge in [-0.25, -0.2) is 13.8 Å². The van der Waals surface area contributed by atoms with E-state index in [2.05, 4.69) is 37.8 Å². The zero-order valence-electron chi connectivity index (χ0n) is 25.0. The van der Waals surface area contributed by atoms with Crippen LogP contribution in [-0.4, -0.2) is 43.6 Å². The number of nitrogens with zero attached hydrogens (tertiary/aromatic N) is 5. The minimum Gasteiger partial charge on any atom is -0.359 e. The van der Waals surface area contributed by atoms with E-state index in [1.165, 1.54) is 12.1 Å². The Labute approximate surface area is 250 Å². The van der Waals surface area contributed by atoms with Crippen LogP contribution in [0.5, 0.6) is 0 Å². The van der Waals surface area contributed by atoms with Crippen LogP contribution in [0.1, 0.15) is 93.7 Å². The van der Waals surface area contributed by atoms with Gasteiger partial charge in [-0.2, -0.15) is 5.10 Å². The lowest BCUT2D eigenvalue weighted by Crippen LogP contribution is -2.48. The highest BCUT2D eigenvalue weighted by Crippen LogP contribution is 2.56. The number of halogens is 3. The van der Waals surface area contributed by atoms with Gasteiger partial charge in [-0.05, 0) is 75.5 Å². The Bertz CT molecular complexity index is 1550. The fraction of sp³-hybridized carbons (Fsp3) is 0.562. The Morgan fingerprint density at radius 2 is 1.83 bits per heavy atom. The molecule has 1 saturated heterocycles. The summed E-state index contributed by atoms with van der Waals surface area (Å²) in [6.07, 6.45) is 3.67. The van der Waals surface area contributed by atoms with Crippen LogP contribution in [0.15, 0.2) is 30.6 Å². The molecule has 0 radical (unpaired) electrons. The standard InChI is InChI=1S/C32H38ClF2N5O2/c1-18-24(33)14-21-26(38-18)32(42-27(21)31(4,5)29-36-17-37-39(29)6)9-11-40(12-10-32)28(41)23-16-30(2,3)15-22(23)20-8-7-19(34)13-25(20)35/h7-8,13-14,17,22-23,27H,9-12,15-16H2,1-6H3/t22-,23+,27-/m0/s1. The molecule has 1 saturated carbocycles. The topological polar surface area (TPSA) is 73.1 Å². The molecule has 0 bridgehead atoms. The highest BCUT2D eigenvalue weighted by atomic mass is 35.5. The first-order valence-corrected chi connectivity index (χ1v) is 15.0. The first-order valence-electron chi connectivity index (χ1n) is 14.7. The van der Waals surface area contributed by atoms with Crippen molar-refractivity contribution in [2.45, 2.75) is 83.3 Å². The van der Waals surface area contributed by atoms with Crippen molar-refractivity contribution < 1.29 is 18.3 Å². The first-order chi connectivity index (χ1) is 19.7. The minimum atomic E-state index is -0.667. The molecule has 224 valence electrons. The Kier molecular flexibility index (Phi) is 7.00. The van der Waals surface area contributed by atoms with Gasteiger partial charge in [0.25, 0.3) is 0 Å². The number of carbonyl (C=O) groups excluding carboxylic acids is 1. The highest BCUT2D eigenvalue weighted by molar-refractivity contribution is 6.31. The summed E-state index contributed by atoms with van der Waals surface area (Å²) >= 11 is 6.58. The molecular weight excluding hydrogens is 560 g/mol. The average Bonchev–Trinajstić information content (AvgIpc) is 3.59. The molecule has 4 heterocycles. The smallest absolute Gasteiger partial charge is 0.226 e. The fourth-order valence-electron chi connectivity index (χ4n) is 7.66. The number of amides is 1. The van der Waals surface area contributed by atoms with Gasteiger partial charge in [0.1, 0.15) is 29.4 Å². The summed E-state index contributed by atoms with van der Waals surface area (Å²) in [5.41, 5.74) is 1.67. The number of piperidine rings is 1. The molecule has 10 heteroatoms. The van der Waals surface area contributed by atoms with Crippen molar-refractivity contribution in [3.05, 3.63) is 75.6 Å². The minimum absolute atomic E-state index is 0.0265. The van der Waals surface area contributed by atoms with Gasteiger partial charge in [-0.3, -0.25) is 14.5 Å². The third-order valence-corrected chi connectivity index (χ3v) is 10.2. The number of hydrogen-bond donors (Lipinski definition) is 0. The van der Waals surface area contributed by atoms with Crippen molar-refractivity contribution in [1.82, 2.24) is 24.6 Å². The summed E-state index contributed by atoms with van der Waals surface area (Å²) in [6.45, 7) is 11.3. The number of pyridine rings is 1. The van der Waals surface area contributed by atoms with Crippen LogP contribution in [0.25, 0.3) is 0 Å². The second kappa shape index (κ2) is 10.1. The third-order valence-electron chi connectivity index (χ3n) is 9.77. The summed E-state index contributed by atoms with van der Waals surface area (Å²) in [5.74, 6) is -1.04. The second-order valence-electron chi connectivity index (χ2n) is 13.7. The maximum Gasteiger partial charge on any atom is 0.226 e. The van der Waals surface area contributed by atoms with E-state index in [-0.39, 0.29) is 29.3 Å². The van der Waals surface area contributed by atoms with Crippen LogP contribution in [-0.2, 0) is 27.6 Å². The second-order valence-corrected chi connectivity index (χ2v) is 14.1. The highest BCUT2D eigenvalue weighted by Gasteiger charge is 2.55. The van der Waals surface area contributed by atoms with Crippen molar-refractivity contribution in [2.24, 2.45) is 18.4 Å². The van der Waals surface area contributed by atoms with Crippen molar-refractivity contribution in [3.63, 3.8) is 0 Å². The maximum atomic E-state index is 14.9. The van der Waals surface area contributed by atoms with E-state index in [9.17, 15) is 13.6 Å². The molecule has 1 amide bonds. The van der Waals surface area contributed by atoms with Gasteiger partial charge in [-0.15, -0.1) is 0 Å². The number of fused-ring (bicyclic) bond motifs is 2. The SMILES string of the molecule is Cc1nc2c(cc1Cl)[C@@H](C(C)(C)c1ncnn1C)OC21CCN(C(=O)[C@@H]2CC(C)(C)C[C@H]2c2ccc(F)cc2F)CC1. The first kappa shape index (κ1) is 29.2. The largest absolute Gasteiger partial charge is 0.359 e. The zero-order chi connectivity index (χ0) is 30.2. The fourth-order valence-corrected chi connectivity index (χ4v) is 7.82. The van der Waals surface area contributed by atoms with E-state index in [0.29, 0.717) is 49.4 Å². The number of hydrogen-bond acceptors (Lipinski definition) is 5. The molecule has 3 atom stereocenters. The molecule has 3 aliphatic rings. The van der Waals surface area contributed by atoms with Crippen molar-refractivity contribution >= 4 is 17.5 Å². The Morgan fingerprint density at radius 1 is 1.12 bits per heavy atom. The molecule has 0 unspecified atom stereocenters. The molecule has 2 aliphatic heterocycles. The van der Waals surface area contributed by atoms with Crippen molar-refractivity contribution in [2.75, 3.05) is 13.1 Å². The van der Waals surface area contributed by atoms with Crippen LogP contribution in [0.4, 0.5) is 8.78 Å². The van der Waals surface area contributed by atoms with E-state index in [4.69, 9.17) is 21.3 Å². The van der Waals surface area contributed by atoms with Crippen LogP contribution in [0.2, 0.25) is 5.02 Å². The van der Waals surface area contributed by atoms with E-state index < -0.39 is 22.7 Å². The van der Waals surface area contributed by atoms with E-state index in [0.717, 1.165) is 28.8 Å². The van der Waals surface area contributed by atoms with Gasteiger partial charge in [0.05, 0.1) is 27.9 Å². The summed E-state index contributed by atoms with van der Waals surface area (Å²) < 4.78 is 37.3. The maximum absolute atomic E-state index is 14.9. The number of ether oxygens (including phenoxy) is 1. The average molecular weight is 598 g/mol. The summed E-state index contributed by atoms with van der Waals surface area (Å²) in [6, 6.07) is 5.67. The number of aromatic nitrogens is 4. The summed E-state index contributed by atoms with van der Waals surface area (Å²) in [4.78, 5) is 25.4. The molecule has 3 aromatic rings. The lowest BCUT2D eigenvalue weighted by atomic mass is 9.80. The van der Waals surface area contributed by atoms with Gasteiger partial charge in [-0.1, -0.05) is 31.5 Å². The van der Waals surface area contributed by atoms with Crippen LogP contribution in [0, 0.1) is 29.9 Å². The van der Waals surface area contributed by atoms with Crippen molar-refractivity contribution in [3.8, 4) is 0 Å². The molecule has 7 nitrogen and oxygen atoms in total. The normalized spacial score (nSPS) is 24.8. The summed E-state index contributed by atoms with van der Waals surface area (Å²) in [5, 5.41) is 4.87. The Balaban J connectivity index is 1.27. The molecule has 2 fully saturated rings. The number of aryl methyl sites for hydroxylation is 2. The van der Waals surface area contributed by atoms with Gasteiger partial charge < -0.3 is 9.64 Å². The van der Waals surface area contributed by atoms with E-state index in [1.54, 1.807) is 11.0 Å². The molecule has 1 aliphatic carbocycles. The molecule has 42 heavy (non-hydrogen) atoms. The number of carbonyl (C=O) groups is 1. The van der Waals surface area contributed by atoms with Gasteiger partial charge >= 0.3 is 0 Å². The molecular formula is C32H38ClF2N5O2. The van der Waals surface area contributed by atoms with Crippen LogP contribution in [0.3, 0.4) is 0 Å². The van der Waals surface area contributed by atoms with Crippen LogP contribution >= 0.6 is 11.6 Å². The molecule has 1 spiro atoms.